The van der Waals surface area contributed by atoms with Crippen LogP contribution in [0.2, 0.25) is 0 Å². The van der Waals surface area contributed by atoms with Crippen LogP contribution in [0.3, 0.4) is 0 Å². The van der Waals surface area contributed by atoms with Gasteiger partial charge in [0.25, 0.3) is 0 Å². The smallest absolute Gasteiger partial charge is 0.338 e. The first-order valence-electron chi connectivity index (χ1n) is 7.51. The van der Waals surface area contributed by atoms with Crippen LogP contribution in [0, 0.1) is 0 Å². The maximum atomic E-state index is 11.8. The molecule has 0 atom stereocenters. The van der Waals surface area contributed by atoms with Crippen LogP contribution in [-0.2, 0) is 0 Å². The molecule has 0 aliphatic rings. The molecule has 0 aromatic carbocycles. The summed E-state index contributed by atoms with van der Waals surface area (Å²) in [6.07, 6.45) is 3.74. The van der Waals surface area contributed by atoms with Crippen molar-refractivity contribution in [3.63, 3.8) is 0 Å². The van der Waals surface area contributed by atoms with Crippen molar-refractivity contribution in [1.29, 1.82) is 0 Å². The Labute approximate surface area is 151 Å². The Bertz CT molecular complexity index is 1070. The van der Waals surface area contributed by atoms with E-state index in [9.17, 15) is 29.7 Å². The molecule has 27 heavy (non-hydrogen) atoms. The van der Waals surface area contributed by atoms with Crippen molar-refractivity contribution in [1.82, 2.24) is 15.0 Å². The summed E-state index contributed by atoms with van der Waals surface area (Å²) >= 11 is 0. The van der Waals surface area contributed by atoms with Crippen molar-refractivity contribution in [2.75, 3.05) is 0 Å². The third-order valence-corrected chi connectivity index (χ3v) is 3.71. The topological polar surface area (TPSA) is 151 Å². The lowest BCUT2D eigenvalue weighted by atomic mass is 9.96. The molecule has 0 fully saturated rings. The van der Waals surface area contributed by atoms with E-state index in [1.807, 2.05) is 0 Å². The molecule has 0 spiro atoms. The van der Waals surface area contributed by atoms with Gasteiger partial charge in [0.05, 0.1) is 22.5 Å². The number of carbonyl (C=O) groups is 3. The lowest BCUT2D eigenvalue weighted by Crippen LogP contribution is -2.17. The molecule has 0 aliphatic heterocycles. The molecule has 0 bridgehead atoms. The Morgan fingerprint density at radius 2 is 1.41 bits per heavy atom. The number of rotatable bonds is 5. The second-order valence-electron chi connectivity index (χ2n) is 5.30. The molecule has 3 heterocycles. The normalized spacial score (nSPS) is 10.4. The van der Waals surface area contributed by atoms with Crippen LogP contribution in [0.25, 0.3) is 22.6 Å². The van der Waals surface area contributed by atoms with Crippen LogP contribution in [-0.4, -0.2) is 48.2 Å². The quantitative estimate of drug-likeness (QED) is 0.618. The number of carboxylic acid groups (broad SMARTS) is 3. The van der Waals surface area contributed by atoms with Crippen molar-refractivity contribution < 1.29 is 29.7 Å². The molecule has 3 aromatic heterocycles. The van der Waals surface area contributed by atoms with Gasteiger partial charge >= 0.3 is 17.9 Å². The molecule has 134 valence electrons. The predicted molar refractivity (Wildman–Crippen MR) is 91.6 cm³/mol. The van der Waals surface area contributed by atoms with E-state index in [1.165, 1.54) is 12.4 Å². The lowest BCUT2D eigenvalue weighted by molar-refractivity contribution is 0.0633. The summed E-state index contributed by atoms with van der Waals surface area (Å²) in [5.74, 6) is -4.92. The molecule has 0 saturated carbocycles. The minimum absolute atomic E-state index is 0.0769. The third-order valence-electron chi connectivity index (χ3n) is 3.71. The summed E-state index contributed by atoms with van der Waals surface area (Å²) in [5.41, 5.74) is -1.63. The van der Waals surface area contributed by atoms with Gasteiger partial charge < -0.3 is 15.3 Å². The van der Waals surface area contributed by atoms with Crippen LogP contribution in [0.1, 0.15) is 31.1 Å². The molecule has 0 saturated heterocycles. The zero-order chi connectivity index (χ0) is 19.6. The largest absolute Gasteiger partial charge is 0.478 e. The number of carboxylic acids is 3. The van der Waals surface area contributed by atoms with Gasteiger partial charge in [0, 0.05) is 24.2 Å². The van der Waals surface area contributed by atoms with E-state index in [0.29, 0.717) is 11.3 Å². The molecule has 0 unspecified atom stereocenters. The first kappa shape index (κ1) is 17.7. The summed E-state index contributed by atoms with van der Waals surface area (Å²) in [4.78, 5) is 47.0. The van der Waals surface area contributed by atoms with Gasteiger partial charge in [-0.25, -0.2) is 14.4 Å². The molecule has 3 aromatic rings. The molecule has 3 N–H and O–H groups in total. The van der Waals surface area contributed by atoms with Gasteiger partial charge in [0.15, 0.2) is 0 Å². The first-order chi connectivity index (χ1) is 12.9. The second kappa shape index (κ2) is 7.00. The van der Waals surface area contributed by atoms with E-state index in [1.54, 1.807) is 30.3 Å². The number of aromatic nitrogens is 3. The molecular formula is C18H11N3O6. The Morgan fingerprint density at radius 1 is 0.704 bits per heavy atom. The summed E-state index contributed by atoms with van der Waals surface area (Å²) in [7, 11) is 0. The highest BCUT2D eigenvalue weighted by Gasteiger charge is 2.30. The average Bonchev–Trinajstić information content (AvgIpc) is 2.67. The Hall–Kier alpha value is -4.14. The minimum atomic E-state index is -1.69. The van der Waals surface area contributed by atoms with Crippen LogP contribution < -0.4 is 0 Å². The van der Waals surface area contributed by atoms with Crippen molar-refractivity contribution in [3.05, 3.63) is 65.6 Å². The van der Waals surface area contributed by atoms with E-state index in [4.69, 9.17) is 0 Å². The molecule has 9 heteroatoms. The van der Waals surface area contributed by atoms with Crippen molar-refractivity contribution in [3.8, 4) is 22.6 Å². The predicted octanol–water partition coefficient (Wildman–Crippen LogP) is 2.30. The van der Waals surface area contributed by atoms with Gasteiger partial charge in [-0.2, -0.15) is 0 Å². The fraction of sp³-hybridized carbons (Fsp3) is 0. The highest BCUT2D eigenvalue weighted by atomic mass is 16.4. The van der Waals surface area contributed by atoms with E-state index < -0.39 is 34.6 Å². The fourth-order valence-corrected chi connectivity index (χ4v) is 2.61. The number of hydrogen-bond donors (Lipinski definition) is 3. The van der Waals surface area contributed by atoms with Gasteiger partial charge in [-0.3, -0.25) is 15.0 Å². The van der Waals surface area contributed by atoms with Gasteiger partial charge in [-0.05, 0) is 24.3 Å². The Kier molecular flexibility index (Phi) is 4.58. The van der Waals surface area contributed by atoms with Crippen LogP contribution in [0.4, 0.5) is 0 Å². The zero-order valence-corrected chi connectivity index (χ0v) is 13.5. The first-order valence-corrected chi connectivity index (χ1v) is 7.51. The van der Waals surface area contributed by atoms with Gasteiger partial charge in [0.1, 0.15) is 11.3 Å². The average molecular weight is 365 g/mol. The van der Waals surface area contributed by atoms with E-state index in [2.05, 4.69) is 15.0 Å². The maximum Gasteiger partial charge on any atom is 0.338 e. The zero-order valence-electron chi connectivity index (χ0n) is 13.5. The third kappa shape index (κ3) is 3.21. The summed E-state index contributed by atoms with van der Waals surface area (Å²) in [6, 6.07) is 8.33. The monoisotopic (exact) mass is 365 g/mol. The summed E-state index contributed by atoms with van der Waals surface area (Å²) in [6.45, 7) is 0. The molecule has 0 aliphatic carbocycles. The molecular weight excluding hydrogens is 354 g/mol. The lowest BCUT2D eigenvalue weighted by Gasteiger charge is -2.13. The van der Waals surface area contributed by atoms with E-state index >= 15 is 0 Å². The summed E-state index contributed by atoms with van der Waals surface area (Å²) in [5, 5.41) is 28.2. The fourth-order valence-electron chi connectivity index (χ4n) is 2.61. The highest BCUT2D eigenvalue weighted by Crippen LogP contribution is 2.32. The molecule has 0 amide bonds. The summed E-state index contributed by atoms with van der Waals surface area (Å²) < 4.78 is 0. The van der Waals surface area contributed by atoms with Gasteiger partial charge in [-0.15, -0.1) is 0 Å². The Morgan fingerprint density at radius 3 is 2.00 bits per heavy atom. The molecule has 3 rings (SSSR count). The van der Waals surface area contributed by atoms with Crippen LogP contribution in [0.15, 0.2) is 48.9 Å². The van der Waals surface area contributed by atoms with Gasteiger partial charge in [0.2, 0.25) is 0 Å². The highest BCUT2D eigenvalue weighted by molar-refractivity contribution is 6.11. The SMILES string of the molecule is O=C(O)c1cnc(-c2ncccc2-c2ccccn2)c(C(=O)O)c1C(=O)O. The van der Waals surface area contributed by atoms with Crippen LogP contribution >= 0.6 is 0 Å². The van der Waals surface area contributed by atoms with Gasteiger partial charge in [-0.1, -0.05) is 6.07 Å². The van der Waals surface area contributed by atoms with Crippen molar-refractivity contribution in [2.24, 2.45) is 0 Å². The number of pyridine rings is 3. The standard InChI is InChI=1S/C18H11N3O6/c22-16(23)10-8-21-15(13(18(26)27)12(10)17(24)25)14-9(4-3-7-20-14)11-5-1-2-6-19-11/h1-8H,(H,22,23)(H,24,25)(H,26,27). The van der Waals surface area contributed by atoms with Crippen molar-refractivity contribution >= 4 is 17.9 Å². The number of nitrogens with zero attached hydrogens (tertiary/aromatic N) is 3. The maximum absolute atomic E-state index is 11.8. The van der Waals surface area contributed by atoms with E-state index in [-0.39, 0.29) is 11.4 Å². The minimum Gasteiger partial charge on any atom is -0.478 e. The number of hydrogen-bond acceptors (Lipinski definition) is 6. The van der Waals surface area contributed by atoms with Crippen molar-refractivity contribution in [2.45, 2.75) is 0 Å². The number of aromatic carboxylic acids is 3. The molecule has 0 radical (unpaired) electrons. The molecule has 9 nitrogen and oxygen atoms in total. The Balaban J connectivity index is 2.38. The van der Waals surface area contributed by atoms with Crippen LogP contribution in [0.5, 0.6) is 0 Å². The van der Waals surface area contributed by atoms with E-state index in [0.717, 1.165) is 6.20 Å². The second-order valence-corrected chi connectivity index (χ2v) is 5.30.